The predicted octanol–water partition coefficient (Wildman–Crippen LogP) is 4.99. The Labute approximate surface area is 164 Å². The molecule has 136 valence electrons. The van der Waals surface area contributed by atoms with Gasteiger partial charge in [0.05, 0.1) is 5.75 Å². The van der Waals surface area contributed by atoms with Gasteiger partial charge in [0.15, 0.2) is 11.0 Å². The maximum Gasteiger partial charge on any atom is 0.192 e. The van der Waals surface area contributed by atoms with E-state index in [0.717, 1.165) is 22.1 Å². The monoisotopic (exact) mass is 374 g/mol. The minimum Gasteiger partial charge on any atom is -0.299 e. The van der Waals surface area contributed by atoms with Crippen molar-refractivity contribution in [1.82, 2.24) is 19.7 Å². The average Bonchev–Trinajstić information content (AvgIpc) is 3.17. The van der Waals surface area contributed by atoms with E-state index in [1.165, 1.54) is 32.1 Å². The summed E-state index contributed by atoms with van der Waals surface area (Å²) in [6.07, 6.45) is 9.89. The number of nitrogens with zero attached hydrogens (tertiary/aromatic N) is 4. The number of hydrogen-bond donors (Lipinski definition) is 0. The van der Waals surface area contributed by atoms with Crippen LogP contribution in [0.1, 0.15) is 43.7 Å². The molecular weight excluding hydrogens is 352 g/mol. The fourth-order valence-corrected chi connectivity index (χ4v) is 4.25. The van der Waals surface area contributed by atoms with Crippen LogP contribution in [0.2, 0.25) is 0 Å². The molecule has 0 N–H and O–H groups in total. The van der Waals surface area contributed by atoms with E-state index in [2.05, 4.69) is 31.6 Å². The van der Waals surface area contributed by atoms with Crippen LogP contribution in [-0.2, 0) is 0 Å². The van der Waals surface area contributed by atoms with Gasteiger partial charge in [-0.05, 0) is 37.1 Å². The van der Waals surface area contributed by atoms with Crippen LogP contribution in [0.4, 0.5) is 0 Å². The summed E-state index contributed by atoms with van der Waals surface area (Å²) in [6, 6.07) is 14.6. The van der Waals surface area contributed by atoms with E-state index in [-0.39, 0.29) is 0 Å². The second-order valence-electron chi connectivity index (χ2n) is 6.66. The second kappa shape index (κ2) is 8.88. The maximum atomic E-state index is 4.51. The summed E-state index contributed by atoms with van der Waals surface area (Å²) >= 11 is 1.68. The summed E-state index contributed by atoms with van der Waals surface area (Å²) in [5.74, 6) is 8.12. The third-order valence-electron chi connectivity index (χ3n) is 4.82. The molecule has 0 amide bonds. The van der Waals surface area contributed by atoms with Crippen molar-refractivity contribution >= 4 is 11.8 Å². The van der Waals surface area contributed by atoms with Crippen LogP contribution < -0.4 is 0 Å². The summed E-state index contributed by atoms with van der Waals surface area (Å²) in [5, 5.41) is 9.98. The molecule has 0 atom stereocenters. The summed E-state index contributed by atoms with van der Waals surface area (Å²) in [6.45, 7) is 0. The third-order valence-corrected chi connectivity index (χ3v) is 5.65. The van der Waals surface area contributed by atoms with Crippen molar-refractivity contribution in [3.05, 3.63) is 60.4 Å². The van der Waals surface area contributed by atoms with Crippen LogP contribution in [0, 0.1) is 11.8 Å². The number of thioether (sulfide) groups is 1. The normalized spacial score (nSPS) is 14.5. The van der Waals surface area contributed by atoms with Gasteiger partial charge in [-0.25, -0.2) is 0 Å². The Morgan fingerprint density at radius 2 is 1.74 bits per heavy atom. The van der Waals surface area contributed by atoms with Crippen molar-refractivity contribution in [2.75, 3.05) is 5.75 Å². The van der Waals surface area contributed by atoms with Crippen LogP contribution in [0.3, 0.4) is 0 Å². The van der Waals surface area contributed by atoms with Crippen molar-refractivity contribution in [1.29, 1.82) is 0 Å². The highest BCUT2D eigenvalue weighted by molar-refractivity contribution is 7.99. The molecule has 0 radical (unpaired) electrons. The Kier molecular flexibility index (Phi) is 5.86. The van der Waals surface area contributed by atoms with E-state index in [0.29, 0.717) is 11.8 Å². The van der Waals surface area contributed by atoms with Gasteiger partial charge in [-0.1, -0.05) is 61.1 Å². The fourth-order valence-electron chi connectivity index (χ4n) is 3.50. The second-order valence-corrected chi connectivity index (χ2v) is 7.60. The minimum absolute atomic E-state index is 0.474. The molecule has 0 spiro atoms. The van der Waals surface area contributed by atoms with Crippen LogP contribution in [0.25, 0.3) is 11.4 Å². The van der Waals surface area contributed by atoms with Gasteiger partial charge in [-0.3, -0.25) is 9.55 Å². The number of hydrogen-bond acceptors (Lipinski definition) is 4. The highest BCUT2D eigenvalue weighted by atomic mass is 32.2. The van der Waals surface area contributed by atoms with E-state index < -0.39 is 0 Å². The molecule has 1 fully saturated rings. The fraction of sp³-hybridized carbons (Fsp3) is 0.318. The molecule has 0 unspecified atom stereocenters. The predicted molar refractivity (Wildman–Crippen MR) is 109 cm³/mol. The first-order valence-electron chi connectivity index (χ1n) is 9.44. The molecule has 1 aliphatic rings. The van der Waals surface area contributed by atoms with Crippen LogP contribution in [0.5, 0.6) is 0 Å². The van der Waals surface area contributed by atoms with Gasteiger partial charge >= 0.3 is 0 Å². The summed E-state index contributed by atoms with van der Waals surface area (Å²) < 4.78 is 2.34. The molecule has 0 aliphatic heterocycles. The number of benzene rings is 1. The van der Waals surface area contributed by atoms with Gasteiger partial charge in [-0.2, -0.15) is 0 Å². The smallest absolute Gasteiger partial charge is 0.192 e. The van der Waals surface area contributed by atoms with Crippen molar-refractivity contribution in [2.24, 2.45) is 0 Å². The highest BCUT2D eigenvalue weighted by Gasteiger charge is 2.23. The van der Waals surface area contributed by atoms with Gasteiger partial charge in [0.2, 0.25) is 0 Å². The van der Waals surface area contributed by atoms with Gasteiger partial charge in [0.1, 0.15) is 0 Å². The van der Waals surface area contributed by atoms with E-state index >= 15 is 0 Å². The summed E-state index contributed by atoms with van der Waals surface area (Å²) in [5.41, 5.74) is 2.12. The molecule has 1 saturated carbocycles. The number of aromatic nitrogens is 4. The van der Waals surface area contributed by atoms with E-state index in [1.54, 1.807) is 11.8 Å². The van der Waals surface area contributed by atoms with E-state index in [1.807, 2.05) is 54.9 Å². The Morgan fingerprint density at radius 3 is 2.52 bits per heavy atom. The molecule has 1 aromatic carbocycles. The topological polar surface area (TPSA) is 43.6 Å². The van der Waals surface area contributed by atoms with Gasteiger partial charge in [-0.15, -0.1) is 10.2 Å². The lowest BCUT2D eigenvalue weighted by Crippen LogP contribution is -2.15. The van der Waals surface area contributed by atoms with Gasteiger partial charge in [0.25, 0.3) is 0 Å². The Balaban J connectivity index is 1.57. The first-order chi connectivity index (χ1) is 13.4. The van der Waals surface area contributed by atoms with Gasteiger partial charge < -0.3 is 0 Å². The number of rotatable bonds is 4. The SMILES string of the molecule is C(#Cc1ccccc1)CSc1nnc(-c2ccncc2)n1C1CCCCC1. The summed E-state index contributed by atoms with van der Waals surface area (Å²) in [7, 11) is 0. The zero-order valence-corrected chi connectivity index (χ0v) is 16.0. The Hall–Kier alpha value is -2.58. The van der Waals surface area contributed by atoms with Crippen LogP contribution in [0.15, 0.2) is 60.0 Å². The zero-order chi connectivity index (χ0) is 18.3. The molecule has 0 bridgehead atoms. The molecule has 2 aromatic heterocycles. The molecule has 2 heterocycles. The molecular formula is C22H22N4S. The molecule has 4 nitrogen and oxygen atoms in total. The first-order valence-corrected chi connectivity index (χ1v) is 10.4. The summed E-state index contributed by atoms with van der Waals surface area (Å²) in [4.78, 5) is 4.13. The van der Waals surface area contributed by atoms with Crippen molar-refractivity contribution in [2.45, 2.75) is 43.3 Å². The van der Waals surface area contributed by atoms with E-state index in [9.17, 15) is 0 Å². The molecule has 27 heavy (non-hydrogen) atoms. The average molecular weight is 375 g/mol. The third kappa shape index (κ3) is 4.40. The van der Waals surface area contributed by atoms with E-state index in [4.69, 9.17) is 0 Å². The molecule has 5 heteroatoms. The molecule has 1 aliphatic carbocycles. The van der Waals surface area contributed by atoms with Crippen LogP contribution in [-0.4, -0.2) is 25.5 Å². The number of pyridine rings is 1. The van der Waals surface area contributed by atoms with Crippen LogP contribution >= 0.6 is 11.8 Å². The van der Waals surface area contributed by atoms with Crippen molar-refractivity contribution < 1.29 is 0 Å². The quantitative estimate of drug-likeness (QED) is 0.477. The lowest BCUT2D eigenvalue weighted by Gasteiger charge is -2.25. The van der Waals surface area contributed by atoms with Crippen molar-refractivity contribution in [3.63, 3.8) is 0 Å². The Morgan fingerprint density at radius 1 is 0.963 bits per heavy atom. The maximum absolute atomic E-state index is 4.51. The molecule has 4 rings (SSSR count). The lowest BCUT2D eigenvalue weighted by atomic mass is 9.95. The van der Waals surface area contributed by atoms with Gasteiger partial charge in [0, 0.05) is 29.6 Å². The molecule has 3 aromatic rings. The standard InChI is InChI=1S/C22H22N4S/c1-3-8-18(9-4-1)10-7-17-27-22-25-24-21(19-13-15-23-16-14-19)26(22)20-11-5-2-6-12-20/h1,3-4,8-9,13-16,20H,2,5-6,11-12,17H2. The lowest BCUT2D eigenvalue weighted by molar-refractivity contribution is 0.339. The highest BCUT2D eigenvalue weighted by Crippen LogP contribution is 2.35. The largest absolute Gasteiger partial charge is 0.299 e. The zero-order valence-electron chi connectivity index (χ0n) is 15.2. The Bertz CT molecular complexity index is 919. The van der Waals surface area contributed by atoms with Crippen molar-refractivity contribution in [3.8, 4) is 23.2 Å². The first kappa shape index (κ1) is 17.8. The molecule has 0 saturated heterocycles. The minimum atomic E-state index is 0.474.